The van der Waals surface area contributed by atoms with Gasteiger partial charge in [-0.25, -0.2) is 0 Å². The second-order valence-corrected chi connectivity index (χ2v) is 2.62. The number of halogens is 1. The van der Waals surface area contributed by atoms with Crippen LogP contribution in [-0.2, 0) is 0 Å². The Bertz CT molecular complexity index is 312. The molecule has 0 spiro atoms. The first-order valence-corrected chi connectivity index (χ1v) is 3.74. The molecule has 0 aromatic heterocycles. The molecule has 0 bridgehead atoms. The molecule has 0 saturated heterocycles. The van der Waals surface area contributed by atoms with Crippen molar-refractivity contribution in [2.24, 2.45) is 0 Å². The molecule has 64 valence electrons. The minimum absolute atomic E-state index is 0.177. The number of rotatable bonds is 1. The summed E-state index contributed by atoms with van der Waals surface area (Å²) < 4.78 is 0. The maximum atomic E-state index is 11.1. The van der Waals surface area contributed by atoms with E-state index in [1.807, 2.05) is 0 Å². The van der Waals surface area contributed by atoms with Crippen molar-refractivity contribution in [2.75, 3.05) is 7.05 Å². The second kappa shape index (κ2) is 3.45. The average Bonchev–Trinajstić information content (AvgIpc) is 2.08. The van der Waals surface area contributed by atoms with E-state index in [0.29, 0.717) is 0 Å². The van der Waals surface area contributed by atoms with Crippen LogP contribution in [0.15, 0.2) is 18.2 Å². The molecule has 0 fully saturated rings. The van der Waals surface area contributed by atoms with Crippen LogP contribution in [0, 0.1) is 0 Å². The normalized spacial score (nSPS) is 9.50. The number of hydrogen-bond donors (Lipinski definition) is 2. The Morgan fingerprint density at radius 1 is 1.58 bits per heavy atom. The third-order valence-corrected chi connectivity index (χ3v) is 1.76. The third-order valence-electron chi connectivity index (χ3n) is 1.46. The molecule has 0 saturated carbocycles. The lowest BCUT2D eigenvalue weighted by Crippen LogP contribution is -2.17. The number of amides is 1. The highest BCUT2D eigenvalue weighted by atomic mass is 35.5. The molecule has 12 heavy (non-hydrogen) atoms. The minimum atomic E-state index is -0.352. The predicted molar refractivity (Wildman–Crippen MR) is 46.5 cm³/mol. The topological polar surface area (TPSA) is 49.3 Å². The van der Waals surface area contributed by atoms with E-state index in [2.05, 4.69) is 5.32 Å². The molecule has 2 N–H and O–H groups in total. The number of hydrogen-bond acceptors (Lipinski definition) is 2. The standard InChI is InChI=1S/C8H8ClNO2/c1-10-8(12)5-3-2-4-6(9)7(5)11/h2-4,11H,1H3,(H,10,12). The van der Waals surface area contributed by atoms with Gasteiger partial charge in [0.25, 0.3) is 5.91 Å². The van der Waals surface area contributed by atoms with Gasteiger partial charge in [-0.3, -0.25) is 4.79 Å². The van der Waals surface area contributed by atoms with Crippen molar-refractivity contribution >= 4 is 17.5 Å². The Morgan fingerprint density at radius 3 is 2.83 bits per heavy atom. The van der Waals surface area contributed by atoms with Crippen molar-refractivity contribution in [3.63, 3.8) is 0 Å². The summed E-state index contributed by atoms with van der Waals surface area (Å²) >= 11 is 5.58. The molecule has 0 aliphatic carbocycles. The zero-order valence-corrected chi connectivity index (χ0v) is 7.22. The van der Waals surface area contributed by atoms with Crippen LogP contribution in [-0.4, -0.2) is 18.1 Å². The van der Waals surface area contributed by atoms with Crippen LogP contribution in [0.1, 0.15) is 10.4 Å². The molecular weight excluding hydrogens is 178 g/mol. The van der Waals surface area contributed by atoms with Gasteiger partial charge in [-0.15, -0.1) is 0 Å². The quantitative estimate of drug-likeness (QED) is 0.695. The van der Waals surface area contributed by atoms with E-state index >= 15 is 0 Å². The highest BCUT2D eigenvalue weighted by Crippen LogP contribution is 2.26. The molecule has 1 rings (SSSR count). The molecule has 1 aromatic carbocycles. The fourth-order valence-corrected chi connectivity index (χ4v) is 1.01. The van der Waals surface area contributed by atoms with Gasteiger partial charge in [0.2, 0.25) is 0 Å². The van der Waals surface area contributed by atoms with E-state index in [1.54, 1.807) is 6.07 Å². The largest absolute Gasteiger partial charge is 0.506 e. The van der Waals surface area contributed by atoms with Gasteiger partial charge in [0.15, 0.2) is 0 Å². The van der Waals surface area contributed by atoms with Crippen molar-refractivity contribution < 1.29 is 9.90 Å². The first-order chi connectivity index (χ1) is 5.66. The molecule has 1 aromatic rings. The number of carbonyl (C=O) groups excluding carboxylic acids is 1. The van der Waals surface area contributed by atoms with Gasteiger partial charge >= 0.3 is 0 Å². The molecule has 0 atom stereocenters. The molecule has 0 unspecified atom stereocenters. The Balaban J connectivity index is 3.16. The first-order valence-electron chi connectivity index (χ1n) is 3.36. The molecule has 0 aliphatic heterocycles. The zero-order chi connectivity index (χ0) is 9.14. The summed E-state index contributed by atoms with van der Waals surface area (Å²) in [7, 11) is 1.49. The Hall–Kier alpha value is -1.22. The number of carbonyl (C=O) groups is 1. The van der Waals surface area contributed by atoms with Crippen molar-refractivity contribution in [3.05, 3.63) is 28.8 Å². The van der Waals surface area contributed by atoms with Crippen LogP contribution in [0.25, 0.3) is 0 Å². The summed E-state index contributed by atoms with van der Waals surface area (Å²) in [5.74, 6) is -0.534. The maximum absolute atomic E-state index is 11.1. The van der Waals surface area contributed by atoms with Crippen molar-refractivity contribution in [3.8, 4) is 5.75 Å². The first kappa shape index (κ1) is 8.87. The number of nitrogens with one attached hydrogen (secondary N) is 1. The Kier molecular flexibility index (Phi) is 2.55. The van der Waals surface area contributed by atoms with E-state index in [1.165, 1.54) is 19.2 Å². The summed E-state index contributed by atoms with van der Waals surface area (Å²) in [6.07, 6.45) is 0. The summed E-state index contributed by atoms with van der Waals surface area (Å²) in [6.45, 7) is 0. The number of phenols is 1. The summed E-state index contributed by atoms with van der Waals surface area (Å²) in [4.78, 5) is 11.1. The molecule has 4 heteroatoms. The lowest BCUT2D eigenvalue weighted by molar-refractivity contribution is 0.0960. The zero-order valence-electron chi connectivity index (χ0n) is 6.47. The van der Waals surface area contributed by atoms with Gasteiger partial charge in [0, 0.05) is 7.05 Å². The smallest absolute Gasteiger partial charge is 0.254 e. The van der Waals surface area contributed by atoms with Gasteiger partial charge < -0.3 is 10.4 Å². The van der Waals surface area contributed by atoms with Crippen LogP contribution in [0.5, 0.6) is 5.75 Å². The Labute approximate surface area is 75.0 Å². The monoisotopic (exact) mass is 185 g/mol. The Morgan fingerprint density at radius 2 is 2.25 bits per heavy atom. The lowest BCUT2D eigenvalue weighted by atomic mass is 10.2. The van der Waals surface area contributed by atoms with Gasteiger partial charge in [0.05, 0.1) is 10.6 Å². The number of aromatic hydroxyl groups is 1. The van der Waals surface area contributed by atoms with E-state index in [4.69, 9.17) is 11.6 Å². The fraction of sp³-hybridized carbons (Fsp3) is 0.125. The van der Waals surface area contributed by atoms with Gasteiger partial charge in [-0.1, -0.05) is 17.7 Å². The van der Waals surface area contributed by atoms with Gasteiger partial charge in [-0.05, 0) is 12.1 Å². The predicted octanol–water partition coefficient (Wildman–Crippen LogP) is 1.41. The van der Waals surface area contributed by atoms with Gasteiger partial charge in [-0.2, -0.15) is 0 Å². The van der Waals surface area contributed by atoms with Crippen LogP contribution in [0.4, 0.5) is 0 Å². The van der Waals surface area contributed by atoms with Crippen molar-refractivity contribution in [1.82, 2.24) is 5.32 Å². The van der Waals surface area contributed by atoms with Crippen molar-refractivity contribution in [2.45, 2.75) is 0 Å². The molecule has 1 amide bonds. The summed E-state index contributed by atoms with van der Waals surface area (Å²) in [6, 6.07) is 4.62. The average molecular weight is 186 g/mol. The van der Waals surface area contributed by atoms with E-state index in [0.717, 1.165) is 0 Å². The van der Waals surface area contributed by atoms with Gasteiger partial charge in [0.1, 0.15) is 5.75 Å². The van der Waals surface area contributed by atoms with Crippen LogP contribution >= 0.6 is 11.6 Å². The number of para-hydroxylation sites is 1. The molecule has 3 nitrogen and oxygen atoms in total. The van der Waals surface area contributed by atoms with E-state index in [9.17, 15) is 9.90 Å². The highest BCUT2D eigenvalue weighted by Gasteiger charge is 2.10. The SMILES string of the molecule is CNC(=O)c1cccc(Cl)c1O. The second-order valence-electron chi connectivity index (χ2n) is 2.22. The molecule has 0 heterocycles. The van der Waals surface area contributed by atoms with E-state index < -0.39 is 0 Å². The molecule has 0 radical (unpaired) electrons. The van der Waals surface area contributed by atoms with Crippen LogP contribution in [0.2, 0.25) is 5.02 Å². The van der Waals surface area contributed by atoms with Crippen molar-refractivity contribution in [1.29, 1.82) is 0 Å². The molecule has 0 aliphatic rings. The number of benzene rings is 1. The van der Waals surface area contributed by atoms with Crippen LogP contribution in [0.3, 0.4) is 0 Å². The summed E-state index contributed by atoms with van der Waals surface area (Å²) in [5.41, 5.74) is 0.185. The summed E-state index contributed by atoms with van der Waals surface area (Å²) in [5, 5.41) is 11.9. The maximum Gasteiger partial charge on any atom is 0.254 e. The minimum Gasteiger partial charge on any atom is -0.506 e. The molecular formula is C8H8ClNO2. The highest BCUT2D eigenvalue weighted by molar-refractivity contribution is 6.32. The van der Waals surface area contributed by atoms with E-state index in [-0.39, 0.29) is 22.2 Å². The number of phenolic OH excluding ortho intramolecular Hbond substituents is 1. The fourth-order valence-electron chi connectivity index (χ4n) is 0.833. The third kappa shape index (κ3) is 1.51. The van der Waals surface area contributed by atoms with Crippen LogP contribution < -0.4 is 5.32 Å². The lowest BCUT2D eigenvalue weighted by Gasteiger charge is -2.03.